The fraction of sp³-hybridized carbons (Fsp3) is 0.250. The fourth-order valence-corrected chi connectivity index (χ4v) is 2.42. The molecule has 102 valence electrons. The van der Waals surface area contributed by atoms with E-state index < -0.39 is 11.6 Å². The van der Waals surface area contributed by atoms with Crippen molar-refractivity contribution in [3.05, 3.63) is 39.3 Å². The molecule has 0 bridgehead atoms. The molecule has 19 heavy (non-hydrogen) atoms. The van der Waals surface area contributed by atoms with E-state index in [9.17, 15) is 8.78 Å². The molecule has 0 spiro atoms. The number of anilines is 1. The summed E-state index contributed by atoms with van der Waals surface area (Å²) >= 11 is 7.00. The summed E-state index contributed by atoms with van der Waals surface area (Å²) in [5.74, 6) is -1.81. The molecule has 7 heteroatoms. The first-order valence-electron chi connectivity index (χ1n) is 5.56. The number of hydrogen-bond donors (Lipinski definition) is 1. The zero-order chi connectivity index (χ0) is 13.8. The Morgan fingerprint density at radius 2 is 2.05 bits per heavy atom. The monoisotopic (exact) mass is 304 g/mol. The molecule has 2 rings (SSSR count). The summed E-state index contributed by atoms with van der Waals surface area (Å²) in [6.07, 6.45) is 1.61. The van der Waals surface area contributed by atoms with Crippen LogP contribution in [-0.4, -0.2) is 11.6 Å². The van der Waals surface area contributed by atoms with E-state index in [1.165, 1.54) is 23.5 Å². The van der Waals surface area contributed by atoms with Gasteiger partial charge in [0.05, 0.1) is 13.2 Å². The van der Waals surface area contributed by atoms with Crippen LogP contribution in [0.3, 0.4) is 0 Å². The quantitative estimate of drug-likeness (QED) is 0.903. The number of halogens is 3. The van der Waals surface area contributed by atoms with Crippen LogP contribution >= 0.6 is 22.9 Å². The van der Waals surface area contributed by atoms with Crippen LogP contribution in [0.15, 0.2) is 18.3 Å². The van der Waals surface area contributed by atoms with Crippen molar-refractivity contribution < 1.29 is 13.5 Å². The maximum Gasteiger partial charge on any atom is 0.190 e. The van der Waals surface area contributed by atoms with Gasteiger partial charge in [-0.2, -0.15) is 0 Å². The minimum atomic E-state index is -0.730. The van der Waals surface area contributed by atoms with Crippen LogP contribution < -0.4 is 10.1 Å². The number of nitrogens with zero attached hydrogens (tertiary/aromatic N) is 1. The van der Waals surface area contributed by atoms with Gasteiger partial charge in [0.25, 0.3) is 0 Å². The lowest BCUT2D eigenvalue weighted by molar-refractivity contribution is 0.303. The zero-order valence-electron chi connectivity index (χ0n) is 10.0. The van der Waals surface area contributed by atoms with Crippen LogP contribution in [-0.2, 0) is 6.54 Å². The molecular weight excluding hydrogens is 294 g/mol. The molecule has 0 fully saturated rings. The van der Waals surface area contributed by atoms with Gasteiger partial charge < -0.3 is 10.1 Å². The van der Waals surface area contributed by atoms with Gasteiger partial charge in [-0.05, 0) is 6.92 Å². The van der Waals surface area contributed by atoms with Crippen molar-refractivity contribution >= 4 is 28.6 Å². The van der Waals surface area contributed by atoms with Gasteiger partial charge in [-0.15, -0.1) is 11.3 Å². The summed E-state index contributed by atoms with van der Waals surface area (Å²) in [6.45, 7) is 2.27. The topological polar surface area (TPSA) is 34.1 Å². The Morgan fingerprint density at radius 3 is 2.58 bits per heavy atom. The van der Waals surface area contributed by atoms with E-state index in [-0.39, 0.29) is 12.4 Å². The number of rotatable bonds is 5. The average Bonchev–Trinajstić information content (AvgIpc) is 2.77. The van der Waals surface area contributed by atoms with E-state index in [0.29, 0.717) is 16.7 Å². The highest BCUT2D eigenvalue weighted by Gasteiger charge is 2.12. The SMILES string of the molecule is CCOc1c(F)cc(NCc2cnc(Cl)s2)cc1F. The molecule has 2 aromatic rings. The summed E-state index contributed by atoms with van der Waals surface area (Å²) in [7, 11) is 0. The number of benzene rings is 1. The molecule has 0 aliphatic heterocycles. The molecule has 0 amide bonds. The smallest absolute Gasteiger partial charge is 0.190 e. The molecule has 0 radical (unpaired) electrons. The fourth-order valence-electron chi connectivity index (χ4n) is 1.50. The van der Waals surface area contributed by atoms with Crippen LogP contribution in [0.25, 0.3) is 0 Å². The molecule has 1 aromatic carbocycles. The number of hydrogen-bond acceptors (Lipinski definition) is 4. The molecule has 0 saturated heterocycles. The van der Waals surface area contributed by atoms with Crippen LogP contribution in [0.5, 0.6) is 5.75 Å². The lowest BCUT2D eigenvalue weighted by Gasteiger charge is -2.09. The van der Waals surface area contributed by atoms with Crippen molar-refractivity contribution in [2.75, 3.05) is 11.9 Å². The molecule has 1 N–H and O–H groups in total. The maximum absolute atomic E-state index is 13.6. The summed E-state index contributed by atoms with van der Waals surface area (Å²) in [5.41, 5.74) is 0.336. The molecule has 0 unspecified atom stereocenters. The summed E-state index contributed by atoms with van der Waals surface area (Å²) < 4.78 is 32.5. The van der Waals surface area contributed by atoms with Crippen LogP contribution in [0.1, 0.15) is 11.8 Å². The van der Waals surface area contributed by atoms with Crippen molar-refractivity contribution in [2.24, 2.45) is 0 Å². The van der Waals surface area contributed by atoms with Crippen LogP contribution in [0, 0.1) is 11.6 Å². The second-order valence-corrected chi connectivity index (χ2v) is 5.33. The molecule has 0 saturated carbocycles. The summed E-state index contributed by atoms with van der Waals surface area (Å²) in [4.78, 5) is 4.75. The van der Waals surface area contributed by atoms with Crippen LogP contribution in [0.2, 0.25) is 4.47 Å². The van der Waals surface area contributed by atoms with E-state index in [1.54, 1.807) is 13.1 Å². The zero-order valence-corrected chi connectivity index (χ0v) is 11.6. The largest absolute Gasteiger partial charge is 0.488 e. The lowest BCUT2D eigenvalue weighted by atomic mass is 10.2. The normalized spacial score (nSPS) is 10.5. The van der Waals surface area contributed by atoms with Crippen molar-refractivity contribution in [3.8, 4) is 5.75 Å². The van der Waals surface area contributed by atoms with Gasteiger partial charge in [-0.1, -0.05) is 11.6 Å². The van der Waals surface area contributed by atoms with E-state index in [1.807, 2.05) is 0 Å². The lowest BCUT2D eigenvalue weighted by Crippen LogP contribution is -2.02. The predicted octanol–water partition coefficient (Wildman–Crippen LogP) is 4.09. The van der Waals surface area contributed by atoms with Crippen LogP contribution in [0.4, 0.5) is 14.5 Å². The Bertz CT molecular complexity index is 554. The Balaban J connectivity index is 2.09. The third-order valence-electron chi connectivity index (χ3n) is 2.28. The van der Waals surface area contributed by atoms with Gasteiger partial charge in [0.2, 0.25) is 0 Å². The Labute approximate surface area is 118 Å². The third kappa shape index (κ3) is 3.54. The highest BCUT2D eigenvalue weighted by molar-refractivity contribution is 7.15. The minimum absolute atomic E-state index is 0.208. The number of aromatic nitrogens is 1. The number of nitrogens with one attached hydrogen (secondary N) is 1. The second-order valence-electron chi connectivity index (χ2n) is 3.64. The molecule has 1 aromatic heterocycles. The Kier molecular flexibility index (Phi) is 4.55. The maximum atomic E-state index is 13.6. The van der Waals surface area contributed by atoms with E-state index in [0.717, 1.165) is 4.88 Å². The third-order valence-corrected chi connectivity index (χ3v) is 3.39. The number of ether oxygens (including phenoxy) is 1. The summed E-state index contributed by atoms with van der Waals surface area (Å²) in [5, 5.41) is 2.90. The van der Waals surface area contributed by atoms with Crippen molar-refractivity contribution in [3.63, 3.8) is 0 Å². The second kappa shape index (κ2) is 6.16. The standard InChI is InChI=1S/C12H11ClF2N2OS/c1-2-18-11-9(14)3-7(4-10(11)15)16-5-8-6-17-12(13)19-8/h3-4,6,16H,2,5H2,1H3. The van der Waals surface area contributed by atoms with E-state index in [4.69, 9.17) is 16.3 Å². The molecule has 0 aliphatic carbocycles. The average molecular weight is 305 g/mol. The highest BCUT2D eigenvalue weighted by Crippen LogP contribution is 2.26. The van der Waals surface area contributed by atoms with Gasteiger partial charge in [-0.3, -0.25) is 0 Å². The van der Waals surface area contributed by atoms with Gasteiger partial charge in [-0.25, -0.2) is 13.8 Å². The van der Waals surface area contributed by atoms with Gasteiger partial charge in [0.15, 0.2) is 21.9 Å². The van der Waals surface area contributed by atoms with Gasteiger partial charge in [0, 0.05) is 28.9 Å². The first kappa shape index (κ1) is 14.0. The first-order valence-corrected chi connectivity index (χ1v) is 6.75. The first-order chi connectivity index (χ1) is 9.10. The van der Waals surface area contributed by atoms with E-state index >= 15 is 0 Å². The van der Waals surface area contributed by atoms with Gasteiger partial charge in [0.1, 0.15) is 0 Å². The molecular formula is C12H11ClF2N2OS. The van der Waals surface area contributed by atoms with Crippen molar-refractivity contribution in [1.82, 2.24) is 4.98 Å². The molecule has 0 atom stereocenters. The number of thiazole rings is 1. The predicted molar refractivity (Wildman–Crippen MR) is 72.0 cm³/mol. The minimum Gasteiger partial charge on any atom is -0.488 e. The molecule has 3 nitrogen and oxygen atoms in total. The van der Waals surface area contributed by atoms with Crippen molar-refractivity contribution in [1.29, 1.82) is 0 Å². The molecule has 0 aliphatic rings. The van der Waals surface area contributed by atoms with Gasteiger partial charge >= 0.3 is 0 Å². The Hall–Kier alpha value is -1.40. The highest BCUT2D eigenvalue weighted by atomic mass is 35.5. The molecule has 1 heterocycles. The Morgan fingerprint density at radius 1 is 1.37 bits per heavy atom. The summed E-state index contributed by atoms with van der Waals surface area (Å²) in [6, 6.07) is 2.38. The van der Waals surface area contributed by atoms with Crippen molar-refractivity contribution in [2.45, 2.75) is 13.5 Å². The van der Waals surface area contributed by atoms with E-state index in [2.05, 4.69) is 10.3 Å².